The van der Waals surface area contributed by atoms with Crippen LogP contribution in [0.2, 0.25) is 10.0 Å². The highest BCUT2D eigenvalue weighted by Gasteiger charge is 2.23. The van der Waals surface area contributed by atoms with Gasteiger partial charge in [-0.15, -0.1) is 0 Å². The zero-order valence-electron chi connectivity index (χ0n) is 11.2. The van der Waals surface area contributed by atoms with Crippen LogP contribution in [0.1, 0.15) is 22.0 Å². The van der Waals surface area contributed by atoms with Crippen LogP contribution in [-0.2, 0) is 4.79 Å². The Labute approximate surface area is 136 Å². The van der Waals surface area contributed by atoms with E-state index in [0.717, 1.165) is 0 Å². The predicted octanol–water partition coefficient (Wildman–Crippen LogP) is 2.66. The van der Waals surface area contributed by atoms with E-state index in [1.165, 1.54) is 18.2 Å². The summed E-state index contributed by atoms with van der Waals surface area (Å²) in [6, 6.07) is 9.51. The minimum Gasteiger partial charge on any atom is -0.507 e. The maximum Gasteiger partial charge on any atom is 0.257 e. The van der Waals surface area contributed by atoms with Gasteiger partial charge in [0.15, 0.2) is 0 Å². The van der Waals surface area contributed by atoms with Crippen LogP contribution in [0, 0.1) is 0 Å². The number of amides is 2. The van der Waals surface area contributed by atoms with Crippen LogP contribution in [0.4, 0.5) is 0 Å². The predicted molar refractivity (Wildman–Crippen MR) is 84.0 cm³/mol. The standard InChI is InChI=1S/C15H12Cl2N2O3/c16-9-6-4-8(5-7-9)13(14(18)21)19-15(22)12-10(17)2-1-3-11(12)20/h1-7,13,20H,(H2,18,21)(H,19,22). The summed E-state index contributed by atoms with van der Waals surface area (Å²) in [5.41, 5.74) is 5.68. The summed E-state index contributed by atoms with van der Waals surface area (Å²) in [6.07, 6.45) is 0. The summed E-state index contributed by atoms with van der Waals surface area (Å²) in [6.45, 7) is 0. The van der Waals surface area contributed by atoms with E-state index in [-0.39, 0.29) is 16.3 Å². The first kappa shape index (κ1) is 16.1. The molecule has 1 unspecified atom stereocenters. The number of halogens is 2. The van der Waals surface area contributed by atoms with E-state index in [2.05, 4.69) is 5.32 Å². The molecular weight excluding hydrogens is 327 g/mol. The molecule has 0 aromatic heterocycles. The van der Waals surface area contributed by atoms with Gasteiger partial charge in [0.25, 0.3) is 5.91 Å². The first-order valence-corrected chi connectivity index (χ1v) is 6.99. The average Bonchev–Trinajstić information content (AvgIpc) is 2.45. The van der Waals surface area contributed by atoms with E-state index in [4.69, 9.17) is 28.9 Å². The fourth-order valence-corrected chi connectivity index (χ4v) is 2.30. The van der Waals surface area contributed by atoms with Crippen LogP contribution < -0.4 is 11.1 Å². The van der Waals surface area contributed by atoms with Crippen molar-refractivity contribution < 1.29 is 14.7 Å². The van der Waals surface area contributed by atoms with Crippen LogP contribution in [0.5, 0.6) is 5.75 Å². The van der Waals surface area contributed by atoms with E-state index in [1.807, 2.05) is 0 Å². The molecule has 0 aliphatic rings. The van der Waals surface area contributed by atoms with E-state index in [0.29, 0.717) is 10.6 Å². The molecule has 2 aromatic rings. The van der Waals surface area contributed by atoms with Gasteiger partial charge in [-0.05, 0) is 29.8 Å². The molecule has 5 nitrogen and oxygen atoms in total. The summed E-state index contributed by atoms with van der Waals surface area (Å²) in [4.78, 5) is 23.9. The number of phenols is 1. The Bertz CT molecular complexity index is 697. The molecule has 0 radical (unpaired) electrons. The van der Waals surface area contributed by atoms with Gasteiger partial charge in [-0.25, -0.2) is 0 Å². The number of primary amides is 1. The monoisotopic (exact) mass is 338 g/mol. The van der Waals surface area contributed by atoms with Crippen molar-refractivity contribution in [1.29, 1.82) is 0 Å². The van der Waals surface area contributed by atoms with Crippen molar-refractivity contribution in [2.75, 3.05) is 0 Å². The molecule has 7 heteroatoms. The highest BCUT2D eigenvalue weighted by atomic mass is 35.5. The summed E-state index contributed by atoms with van der Waals surface area (Å²) in [5, 5.41) is 12.7. The van der Waals surface area contributed by atoms with Gasteiger partial charge in [0.2, 0.25) is 5.91 Å². The molecule has 0 bridgehead atoms. The van der Waals surface area contributed by atoms with E-state index in [1.54, 1.807) is 24.3 Å². The van der Waals surface area contributed by atoms with Gasteiger partial charge in [-0.1, -0.05) is 41.4 Å². The Morgan fingerprint density at radius 1 is 1.09 bits per heavy atom. The molecule has 2 rings (SSSR count). The summed E-state index contributed by atoms with van der Waals surface area (Å²) in [7, 11) is 0. The van der Waals surface area contributed by atoms with Crippen molar-refractivity contribution in [2.45, 2.75) is 6.04 Å². The SMILES string of the molecule is NC(=O)C(NC(=O)c1c(O)cccc1Cl)c1ccc(Cl)cc1. The van der Waals surface area contributed by atoms with Crippen molar-refractivity contribution in [3.05, 3.63) is 63.6 Å². The number of benzene rings is 2. The lowest BCUT2D eigenvalue weighted by molar-refractivity contribution is -0.120. The maximum atomic E-state index is 12.3. The zero-order chi connectivity index (χ0) is 16.3. The second-order valence-electron chi connectivity index (χ2n) is 4.49. The molecule has 114 valence electrons. The molecule has 0 aliphatic carbocycles. The summed E-state index contributed by atoms with van der Waals surface area (Å²) < 4.78 is 0. The maximum absolute atomic E-state index is 12.3. The van der Waals surface area contributed by atoms with Crippen molar-refractivity contribution in [2.24, 2.45) is 5.73 Å². The van der Waals surface area contributed by atoms with Crippen molar-refractivity contribution in [3.8, 4) is 5.75 Å². The normalized spacial score (nSPS) is 11.7. The van der Waals surface area contributed by atoms with Crippen LogP contribution in [0.15, 0.2) is 42.5 Å². The number of rotatable bonds is 4. The Morgan fingerprint density at radius 2 is 1.73 bits per heavy atom. The van der Waals surface area contributed by atoms with Gasteiger partial charge in [-0.3, -0.25) is 9.59 Å². The number of nitrogens with two attached hydrogens (primary N) is 1. The molecule has 22 heavy (non-hydrogen) atoms. The number of hydrogen-bond donors (Lipinski definition) is 3. The summed E-state index contributed by atoms with van der Waals surface area (Å²) in [5.74, 6) is -1.74. The van der Waals surface area contributed by atoms with Gasteiger partial charge in [0.1, 0.15) is 11.8 Å². The lowest BCUT2D eigenvalue weighted by atomic mass is 10.1. The third-order valence-electron chi connectivity index (χ3n) is 2.98. The van der Waals surface area contributed by atoms with Gasteiger partial charge in [-0.2, -0.15) is 0 Å². The molecule has 0 saturated carbocycles. The minimum absolute atomic E-state index is 0.0665. The topological polar surface area (TPSA) is 92.4 Å². The lowest BCUT2D eigenvalue weighted by Crippen LogP contribution is -2.37. The van der Waals surface area contributed by atoms with Crippen LogP contribution in [0.3, 0.4) is 0 Å². The Balaban J connectivity index is 2.30. The second kappa shape index (κ2) is 6.68. The van der Waals surface area contributed by atoms with Crippen molar-refractivity contribution in [1.82, 2.24) is 5.32 Å². The second-order valence-corrected chi connectivity index (χ2v) is 5.34. The molecule has 0 aliphatic heterocycles. The van der Waals surface area contributed by atoms with Crippen molar-refractivity contribution >= 4 is 35.0 Å². The largest absolute Gasteiger partial charge is 0.507 e. The van der Waals surface area contributed by atoms with Gasteiger partial charge in [0.05, 0.1) is 10.6 Å². The van der Waals surface area contributed by atoms with Crippen molar-refractivity contribution in [3.63, 3.8) is 0 Å². The third-order valence-corrected chi connectivity index (χ3v) is 3.55. The van der Waals surface area contributed by atoms with Crippen LogP contribution >= 0.6 is 23.2 Å². The highest BCUT2D eigenvalue weighted by molar-refractivity contribution is 6.34. The fourth-order valence-electron chi connectivity index (χ4n) is 1.91. The number of aromatic hydroxyl groups is 1. The Morgan fingerprint density at radius 3 is 2.27 bits per heavy atom. The molecule has 1 atom stereocenters. The first-order chi connectivity index (χ1) is 10.4. The summed E-state index contributed by atoms with van der Waals surface area (Å²) >= 11 is 11.7. The zero-order valence-corrected chi connectivity index (χ0v) is 12.7. The van der Waals surface area contributed by atoms with E-state index >= 15 is 0 Å². The van der Waals surface area contributed by atoms with Gasteiger partial charge in [0, 0.05) is 5.02 Å². The van der Waals surface area contributed by atoms with E-state index < -0.39 is 17.9 Å². The van der Waals surface area contributed by atoms with Gasteiger partial charge >= 0.3 is 0 Å². The minimum atomic E-state index is -1.07. The number of nitrogens with one attached hydrogen (secondary N) is 1. The van der Waals surface area contributed by atoms with Crippen LogP contribution in [-0.4, -0.2) is 16.9 Å². The van der Waals surface area contributed by atoms with Crippen LogP contribution in [0.25, 0.3) is 0 Å². The lowest BCUT2D eigenvalue weighted by Gasteiger charge is -2.17. The molecule has 0 fully saturated rings. The third kappa shape index (κ3) is 3.50. The number of carbonyl (C=O) groups excluding carboxylic acids is 2. The molecule has 0 heterocycles. The first-order valence-electron chi connectivity index (χ1n) is 6.23. The Kier molecular flexibility index (Phi) is 4.90. The highest BCUT2D eigenvalue weighted by Crippen LogP contribution is 2.26. The number of carbonyl (C=O) groups is 2. The molecule has 2 aromatic carbocycles. The molecule has 2 amide bonds. The molecular formula is C15H12Cl2N2O3. The molecule has 0 saturated heterocycles. The quantitative estimate of drug-likeness (QED) is 0.800. The molecule has 4 N–H and O–H groups in total. The molecule has 0 spiro atoms. The number of hydrogen-bond acceptors (Lipinski definition) is 3. The smallest absolute Gasteiger partial charge is 0.257 e. The number of phenolic OH excluding ortho intramolecular Hbond substituents is 1. The van der Waals surface area contributed by atoms with E-state index in [9.17, 15) is 14.7 Å². The average molecular weight is 339 g/mol. The van der Waals surface area contributed by atoms with Gasteiger partial charge < -0.3 is 16.2 Å². The fraction of sp³-hybridized carbons (Fsp3) is 0.0667. The Hall–Kier alpha value is -2.24.